The van der Waals surface area contributed by atoms with Crippen molar-refractivity contribution in [2.24, 2.45) is 0 Å². The van der Waals surface area contributed by atoms with Crippen molar-refractivity contribution in [1.29, 1.82) is 0 Å². The number of aromatic nitrogens is 2. The van der Waals surface area contributed by atoms with E-state index in [1.54, 1.807) is 6.20 Å². The minimum absolute atomic E-state index is 0.125. The van der Waals surface area contributed by atoms with Crippen LogP contribution in [0.2, 0.25) is 0 Å². The highest BCUT2D eigenvalue weighted by molar-refractivity contribution is 6.05. The fraction of sp³-hybridized carbons (Fsp3) is 0.0400. The summed E-state index contributed by atoms with van der Waals surface area (Å²) in [5.41, 5.74) is 5.94. The number of fused-ring (bicyclic) bond motifs is 3. The van der Waals surface area contributed by atoms with Crippen LogP contribution in [-0.4, -0.2) is 9.97 Å². The molecule has 0 saturated carbocycles. The van der Waals surface area contributed by atoms with E-state index in [0.29, 0.717) is 11.0 Å². The lowest BCUT2D eigenvalue weighted by molar-refractivity contribution is 1.25. The maximum Gasteiger partial charge on any atom is 0.257 e. The molecule has 0 amide bonds. The molecule has 4 nitrogen and oxygen atoms in total. The zero-order valence-electron chi connectivity index (χ0n) is 15.9. The fourth-order valence-electron chi connectivity index (χ4n) is 3.66. The Bertz CT molecular complexity index is 1400. The molecule has 0 atom stereocenters. The summed E-state index contributed by atoms with van der Waals surface area (Å²) in [6, 6.07) is 26.4. The number of nitrogens with zero attached hydrogens (tertiary/aromatic N) is 1. The van der Waals surface area contributed by atoms with Gasteiger partial charge in [-0.15, -0.1) is 0 Å². The van der Waals surface area contributed by atoms with Crippen molar-refractivity contribution in [1.82, 2.24) is 9.97 Å². The molecule has 0 aliphatic heterocycles. The minimum atomic E-state index is -0.125. The van der Waals surface area contributed by atoms with Crippen LogP contribution >= 0.6 is 0 Å². The van der Waals surface area contributed by atoms with Gasteiger partial charge in [-0.05, 0) is 60.0 Å². The lowest BCUT2D eigenvalue weighted by atomic mass is 10.0. The number of aryl methyl sites for hydroxylation is 1. The monoisotopic (exact) mass is 377 g/mol. The molecule has 2 heterocycles. The zero-order chi connectivity index (χ0) is 19.8. The van der Waals surface area contributed by atoms with E-state index >= 15 is 0 Å². The molecule has 140 valence electrons. The van der Waals surface area contributed by atoms with Crippen molar-refractivity contribution in [2.45, 2.75) is 6.92 Å². The molecule has 0 spiro atoms. The number of aromatic amines is 1. The maximum absolute atomic E-state index is 12.4. The Hall–Kier alpha value is -3.92. The van der Waals surface area contributed by atoms with Crippen LogP contribution in [0.15, 0.2) is 89.9 Å². The first-order valence-corrected chi connectivity index (χ1v) is 9.53. The zero-order valence-corrected chi connectivity index (χ0v) is 15.9. The summed E-state index contributed by atoms with van der Waals surface area (Å²) < 4.78 is 0. The number of rotatable bonds is 3. The van der Waals surface area contributed by atoms with Gasteiger partial charge in [0.25, 0.3) is 5.56 Å². The molecule has 0 unspecified atom stereocenters. The largest absolute Gasteiger partial charge is 0.355 e. The molecule has 2 N–H and O–H groups in total. The number of pyridine rings is 2. The third-order valence-corrected chi connectivity index (χ3v) is 5.22. The molecule has 0 bridgehead atoms. The second kappa shape index (κ2) is 6.91. The second-order valence-electron chi connectivity index (χ2n) is 7.13. The lowest BCUT2D eigenvalue weighted by Crippen LogP contribution is -2.07. The Labute approximate surface area is 167 Å². The van der Waals surface area contributed by atoms with Gasteiger partial charge in [0.1, 0.15) is 5.65 Å². The number of H-pyrrole nitrogens is 1. The second-order valence-corrected chi connectivity index (χ2v) is 7.13. The van der Waals surface area contributed by atoms with Gasteiger partial charge in [0.2, 0.25) is 0 Å². The summed E-state index contributed by atoms with van der Waals surface area (Å²) in [4.78, 5) is 19.5. The van der Waals surface area contributed by atoms with Crippen molar-refractivity contribution in [3.05, 3.63) is 101 Å². The number of hydrogen-bond donors (Lipinski definition) is 2. The molecule has 5 rings (SSSR count). The number of benzene rings is 3. The Kier molecular flexibility index (Phi) is 4.10. The molecule has 5 aromatic rings. The number of nitrogens with one attached hydrogen (secondary N) is 2. The summed E-state index contributed by atoms with van der Waals surface area (Å²) in [5, 5.41) is 6.00. The van der Waals surface area contributed by atoms with Gasteiger partial charge in [-0.25, -0.2) is 4.98 Å². The van der Waals surface area contributed by atoms with Crippen LogP contribution in [-0.2, 0) is 0 Å². The smallest absolute Gasteiger partial charge is 0.257 e. The lowest BCUT2D eigenvalue weighted by Gasteiger charge is -2.13. The van der Waals surface area contributed by atoms with Gasteiger partial charge in [0, 0.05) is 33.7 Å². The molecular weight excluding hydrogens is 358 g/mol. The van der Waals surface area contributed by atoms with Crippen molar-refractivity contribution in [2.75, 3.05) is 5.32 Å². The molecular formula is C25H19N3O. The van der Waals surface area contributed by atoms with Crippen LogP contribution < -0.4 is 10.9 Å². The molecule has 3 aromatic carbocycles. The summed E-state index contributed by atoms with van der Waals surface area (Å²) in [6.45, 7) is 2.09. The normalized spacial score (nSPS) is 11.1. The number of anilines is 2. The van der Waals surface area contributed by atoms with Gasteiger partial charge < -0.3 is 10.3 Å². The summed E-state index contributed by atoms with van der Waals surface area (Å²) in [7, 11) is 0. The number of hydrogen-bond acceptors (Lipinski definition) is 3. The Morgan fingerprint density at radius 2 is 1.66 bits per heavy atom. The SMILES string of the molecule is Cc1ccc(-c2ccccc2)cc1Nc1ccc2c(=O)[nH]c3ncccc3c2c1. The van der Waals surface area contributed by atoms with E-state index in [0.717, 1.165) is 33.3 Å². The standard InChI is InChI=1S/C25H19N3O/c1-16-9-10-18(17-6-3-2-4-7-17)14-23(16)27-19-11-12-21-22(15-19)20-8-5-13-26-24(20)28-25(21)29/h2-15,27H,1H3,(H,26,28,29). The van der Waals surface area contributed by atoms with Crippen molar-refractivity contribution in [3.63, 3.8) is 0 Å². The molecule has 0 saturated heterocycles. The molecule has 29 heavy (non-hydrogen) atoms. The Morgan fingerprint density at radius 3 is 2.52 bits per heavy atom. The van der Waals surface area contributed by atoms with E-state index in [1.807, 2.05) is 48.5 Å². The van der Waals surface area contributed by atoms with E-state index in [1.165, 1.54) is 5.56 Å². The summed E-state index contributed by atoms with van der Waals surface area (Å²) >= 11 is 0. The third-order valence-electron chi connectivity index (χ3n) is 5.22. The highest BCUT2D eigenvalue weighted by Gasteiger charge is 2.08. The van der Waals surface area contributed by atoms with E-state index in [2.05, 4.69) is 52.5 Å². The van der Waals surface area contributed by atoms with Crippen LogP contribution in [0.5, 0.6) is 0 Å². The first kappa shape index (κ1) is 17.2. The van der Waals surface area contributed by atoms with Gasteiger partial charge in [-0.1, -0.05) is 42.5 Å². The Balaban J connectivity index is 1.60. The minimum Gasteiger partial charge on any atom is -0.355 e. The predicted molar refractivity (Wildman–Crippen MR) is 120 cm³/mol. The molecule has 2 aromatic heterocycles. The van der Waals surface area contributed by atoms with Crippen molar-refractivity contribution in [3.8, 4) is 11.1 Å². The van der Waals surface area contributed by atoms with E-state index in [4.69, 9.17) is 0 Å². The highest BCUT2D eigenvalue weighted by Crippen LogP contribution is 2.29. The molecule has 4 heteroatoms. The Morgan fingerprint density at radius 1 is 0.793 bits per heavy atom. The van der Waals surface area contributed by atoms with Gasteiger partial charge in [-0.2, -0.15) is 0 Å². The molecule has 0 aliphatic rings. The topological polar surface area (TPSA) is 57.8 Å². The summed E-state index contributed by atoms with van der Waals surface area (Å²) in [5.74, 6) is 0. The first-order chi connectivity index (χ1) is 14.2. The van der Waals surface area contributed by atoms with Crippen LogP contribution in [0.25, 0.3) is 32.9 Å². The van der Waals surface area contributed by atoms with Gasteiger partial charge in [0.05, 0.1) is 0 Å². The highest BCUT2D eigenvalue weighted by atomic mass is 16.1. The average Bonchev–Trinajstić information content (AvgIpc) is 2.76. The predicted octanol–water partition coefficient (Wildman–Crippen LogP) is 5.80. The van der Waals surface area contributed by atoms with Gasteiger partial charge >= 0.3 is 0 Å². The first-order valence-electron chi connectivity index (χ1n) is 9.53. The average molecular weight is 377 g/mol. The van der Waals surface area contributed by atoms with Gasteiger partial charge in [-0.3, -0.25) is 4.79 Å². The van der Waals surface area contributed by atoms with E-state index in [9.17, 15) is 4.79 Å². The fourth-order valence-corrected chi connectivity index (χ4v) is 3.66. The quantitative estimate of drug-likeness (QED) is 0.391. The summed E-state index contributed by atoms with van der Waals surface area (Å²) in [6.07, 6.45) is 1.69. The molecule has 0 fully saturated rings. The molecule has 0 radical (unpaired) electrons. The maximum atomic E-state index is 12.4. The van der Waals surface area contributed by atoms with Crippen LogP contribution in [0, 0.1) is 6.92 Å². The van der Waals surface area contributed by atoms with Crippen molar-refractivity contribution < 1.29 is 0 Å². The van der Waals surface area contributed by atoms with Crippen LogP contribution in [0.1, 0.15) is 5.56 Å². The van der Waals surface area contributed by atoms with Crippen molar-refractivity contribution >= 4 is 33.2 Å². The van der Waals surface area contributed by atoms with Crippen LogP contribution in [0.3, 0.4) is 0 Å². The van der Waals surface area contributed by atoms with Gasteiger partial charge in [0.15, 0.2) is 0 Å². The third kappa shape index (κ3) is 3.15. The van der Waals surface area contributed by atoms with E-state index in [-0.39, 0.29) is 5.56 Å². The van der Waals surface area contributed by atoms with Crippen LogP contribution in [0.4, 0.5) is 11.4 Å². The molecule has 0 aliphatic carbocycles. The van der Waals surface area contributed by atoms with E-state index < -0.39 is 0 Å².